The minimum atomic E-state index is -0.993. The molecule has 1 amide bonds. The van der Waals surface area contributed by atoms with Crippen molar-refractivity contribution in [1.82, 2.24) is 0 Å². The maximum absolute atomic E-state index is 12.1. The summed E-state index contributed by atoms with van der Waals surface area (Å²) in [7, 11) is 0. The fraction of sp³-hybridized carbons (Fsp3) is 0.294. The van der Waals surface area contributed by atoms with Gasteiger partial charge in [0.2, 0.25) is 11.7 Å². The number of ether oxygens (including phenoxy) is 2. The van der Waals surface area contributed by atoms with E-state index in [0.717, 1.165) is 0 Å². The van der Waals surface area contributed by atoms with Crippen molar-refractivity contribution in [2.24, 2.45) is 0 Å². The quantitative estimate of drug-likeness (QED) is 0.864. The Balaban J connectivity index is 1.65. The van der Waals surface area contributed by atoms with E-state index in [1.54, 1.807) is 18.2 Å². The highest BCUT2D eigenvalue weighted by molar-refractivity contribution is 7.10. The summed E-state index contributed by atoms with van der Waals surface area (Å²) in [5.74, 6) is -0.628. The highest BCUT2D eigenvalue weighted by atomic mass is 32.1. The molecule has 1 aliphatic heterocycles. The first-order chi connectivity index (χ1) is 11.4. The number of carboxylic acid groups (broad SMARTS) is 1. The van der Waals surface area contributed by atoms with Gasteiger partial charge >= 0.3 is 5.97 Å². The van der Waals surface area contributed by atoms with Crippen LogP contribution in [0.2, 0.25) is 0 Å². The second-order valence-electron chi connectivity index (χ2n) is 5.68. The van der Waals surface area contributed by atoms with Gasteiger partial charge in [-0.25, -0.2) is 4.79 Å². The van der Waals surface area contributed by atoms with E-state index >= 15 is 0 Å². The summed E-state index contributed by atoms with van der Waals surface area (Å²) in [6.45, 7) is 3.84. The van der Waals surface area contributed by atoms with Crippen LogP contribution in [0.25, 0.3) is 0 Å². The Morgan fingerprint density at radius 3 is 2.67 bits per heavy atom. The van der Waals surface area contributed by atoms with Gasteiger partial charge in [0.15, 0.2) is 11.5 Å². The van der Waals surface area contributed by atoms with Crippen LogP contribution in [-0.2, 0) is 11.2 Å². The molecular weight excluding hydrogens is 330 g/mol. The van der Waals surface area contributed by atoms with E-state index in [1.807, 2.05) is 13.8 Å². The first-order valence-corrected chi connectivity index (χ1v) is 8.39. The normalized spacial score (nSPS) is 18.4. The highest BCUT2D eigenvalue weighted by Crippen LogP contribution is 2.42. The van der Waals surface area contributed by atoms with Crippen LogP contribution in [-0.4, -0.2) is 22.8 Å². The summed E-state index contributed by atoms with van der Waals surface area (Å²) < 4.78 is 11.5. The largest absolute Gasteiger partial charge is 0.478 e. The van der Waals surface area contributed by atoms with Gasteiger partial charge in [0.05, 0.1) is 12.0 Å². The van der Waals surface area contributed by atoms with Gasteiger partial charge in [-0.1, -0.05) is 6.92 Å². The molecule has 1 atom stereocenters. The molecule has 126 valence electrons. The third-order valence-electron chi connectivity index (χ3n) is 3.76. The smallest absolute Gasteiger partial charge is 0.336 e. The molecule has 2 aromatic rings. The Morgan fingerprint density at radius 2 is 2.00 bits per heavy atom. The molecule has 1 aliphatic rings. The molecule has 2 heterocycles. The molecule has 7 heteroatoms. The zero-order valence-corrected chi connectivity index (χ0v) is 14.1. The van der Waals surface area contributed by atoms with Crippen molar-refractivity contribution >= 4 is 28.9 Å². The number of carboxylic acids is 1. The van der Waals surface area contributed by atoms with E-state index in [4.69, 9.17) is 14.6 Å². The maximum Gasteiger partial charge on any atom is 0.336 e. The topological polar surface area (TPSA) is 84.9 Å². The lowest BCUT2D eigenvalue weighted by molar-refractivity contribution is -0.115. The average molecular weight is 347 g/mol. The molecule has 1 aromatic carbocycles. The van der Waals surface area contributed by atoms with Crippen molar-refractivity contribution in [3.63, 3.8) is 0 Å². The predicted octanol–water partition coefficient (Wildman–Crippen LogP) is 3.52. The molecule has 0 saturated heterocycles. The van der Waals surface area contributed by atoms with E-state index in [-0.39, 0.29) is 17.9 Å². The number of anilines is 1. The van der Waals surface area contributed by atoms with Crippen molar-refractivity contribution in [1.29, 1.82) is 0 Å². The lowest BCUT2D eigenvalue weighted by Crippen LogP contribution is -2.33. The average Bonchev–Trinajstić information content (AvgIpc) is 3.11. The Morgan fingerprint density at radius 1 is 1.25 bits per heavy atom. The number of carbonyl (C=O) groups is 2. The minimum absolute atomic E-state index is 0.124. The summed E-state index contributed by atoms with van der Waals surface area (Å²) in [6.07, 6.45) is 0.826. The minimum Gasteiger partial charge on any atom is -0.478 e. The SMILES string of the molecule is CCC1(C)Oc2ccc(NC(=O)Cc3cc(C(=O)O)cs3)cc2O1. The number of fused-ring (bicyclic) bond motifs is 1. The fourth-order valence-corrected chi connectivity index (χ4v) is 3.19. The standard InChI is InChI=1S/C17H17NO5S/c1-3-17(2)22-13-5-4-11(7-14(13)23-17)18-15(19)8-12-6-10(9-24-12)16(20)21/h4-7,9H,3,8H2,1-2H3,(H,18,19)(H,20,21). The molecule has 0 radical (unpaired) electrons. The molecule has 0 fully saturated rings. The zero-order chi connectivity index (χ0) is 17.3. The third kappa shape index (κ3) is 3.35. The second kappa shape index (κ2) is 6.16. The number of thiophene rings is 1. The number of carbonyl (C=O) groups excluding carboxylic acids is 1. The predicted molar refractivity (Wildman–Crippen MR) is 90.0 cm³/mol. The molecule has 0 aliphatic carbocycles. The Labute approximate surface area is 143 Å². The lowest BCUT2D eigenvalue weighted by Gasteiger charge is -2.20. The number of rotatable bonds is 5. The number of aromatic carboxylic acids is 1. The van der Waals surface area contributed by atoms with Gasteiger partial charge in [-0.2, -0.15) is 0 Å². The Bertz CT molecular complexity index is 800. The van der Waals surface area contributed by atoms with Gasteiger partial charge in [-0.3, -0.25) is 4.79 Å². The molecular formula is C17H17NO5S. The number of nitrogens with one attached hydrogen (secondary N) is 1. The summed E-state index contributed by atoms with van der Waals surface area (Å²) in [5, 5.41) is 13.2. The molecule has 2 N–H and O–H groups in total. The Kier molecular flexibility index (Phi) is 4.19. The van der Waals surface area contributed by atoms with Crippen molar-refractivity contribution < 1.29 is 24.2 Å². The summed E-state index contributed by atoms with van der Waals surface area (Å²) in [4.78, 5) is 23.7. The van der Waals surface area contributed by atoms with Crippen LogP contribution >= 0.6 is 11.3 Å². The molecule has 0 spiro atoms. The molecule has 1 unspecified atom stereocenters. The van der Waals surface area contributed by atoms with E-state index in [2.05, 4.69) is 5.32 Å². The summed E-state index contributed by atoms with van der Waals surface area (Å²) >= 11 is 1.25. The zero-order valence-electron chi connectivity index (χ0n) is 13.3. The monoisotopic (exact) mass is 347 g/mol. The van der Waals surface area contributed by atoms with Crippen molar-refractivity contribution in [3.8, 4) is 11.5 Å². The van der Waals surface area contributed by atoms with Crippen molar-refractivity contribution in [2.75, 3.05) is 5.32 Å². The molecule has 0 bridgehead atoms. The van der Waals surface area contributed by atoms with Crippen LogP contribution in [0.15, 0.2) is 29.6 Å². The maximum atomic E-state index is 12.1. The van der Waals surface area contributed by atoms with Gasteiger partial charge < -0.3 is 19.9 Å². The molecule has 0 saturated carbocycles. The lowest BCUT2D eigenvalue weighted by atomic mass is 10.2. The van der Waals surface area contributed by atoms with E-state index in [0.29, 0.717) is 28.5 Å². The van der Waals surface area contributed by atoms with Gasteiger partial charge in [-0.05, 0) is 18.2 Å². The molecule has 3 rings (SSSR count). The van der Waals surface area contributed by atoms with Gasteiger partial charge in [-0.15, -0.1) is 11.3 Å². The van der Waals surface area contributed by atoms with Crippen LogP contribution in [0.4, 0.5) is 5.69 Å². The van der Waals surface area contributed by atoms with E-state index in [9.17, 15) is 9.59 Å². The summed E-state index contributed by atoms with van der Waals surface area (Å²) in [6, 6.07) is 6.75. The van der Waals surface area contributed by atoms with Gasteiger partial charge in [0.1, 0.15) is 0 Å². The summed E-state index contributed by atoms with van der Waals surface area (Å²) in [5.41, 5.74) is 0.808. The van der Waals surface area contributed by atoms with Gasteiger partial charge in [0.25, 0.3) is 0 Å². The van der Waals surface area contributed by atoms with Crippen LogP contribution in [0.5, 0.6) is 11.5 Å². The van der Waals surface area contributed by atoms with Crippen LogP contribution in [0.1, 0.15) is 35.5 Å². The first-order valence-electron chi connectivity index (χ1n) is 7.51. The highest BCUT2D eigenvalue weighted by Gasteiger charge is 2.34. The second-order valence-corrected chi connectivity index (χ2v) is 6.68. The third-order valence-corrected chi connectivity index (χ3v) is 4.69. The number of amides is 1. The number of hydrogen-bond acceptors (Lipinski definition) is 5. The van der Waals surface area contributed by atoms with E-state index < -0.39 is 11.8 Å². The van der Waals surface area contributed by atoms with Crippen LogP contribution in [0.3, 0.4) is 0 Å². The fourth-order valence-electron chi connectivity index (χ4n) is 2.33. The van der Waals surface area contributed by atoms with Crippen molar-refractivity contribution in [2.45, 2.75) is 32.5 Å². The molecule has 1 aromatic heterocycles. The number of hydrogen-bond donors (Lipinski definition) is 2. The van der Waals surface area contributed by atoms with Crippen LogP contribution < -0.4 is 14.8 Å². The van der Waals surface area contributed by atoms with E-state index in [1.165, 1.54) is 22.8 Å². The van der Waals surface area contributed by atoms with Crippen LogP contribution in [0, 0.1) is 0 Å². The Hall–Kier alpha value is -2.54. The van der Waals surface area contributed by atoms with Gasteiger partial charge in [0, 0.05) is 35.4 Å². The van der Waals surface area contributed by atoms with Crippen molar-refractivity contribution in [3.05, 3.63) is 40.1 Å². The number of benzene rings is 1. The molecule has 6 nitrogen and oxygen atoms in total. The first kappa shape index (κ1) is 16.3. The molecule has 24 heavy (non-hydrogen) atoms.